The van der Waals surface area contributed by atoms with Crippen LogP contribution in [0.15, 0.2) is 16.9 Å². The number of benzene rings is 1. The molecule has 0 radical (unpaired) electrons. The molecule has 3 aliphatic rings. The van der Waals surface area contributed by atoms with Crippen molar-refractivity contribution in [1.29, 1.82) is 0 Å². The Hall–Kier alpha value is -2.61. The Morgan fingerprint density at radius 1 is 1.39 bits per heavy atom. The highest BCUT2D eigenvalue weighted by atomic mass is 19.1. The van der Waals surface area contributed by atoms with Gasteiger partial charge in [-0.1, -0.05) is 0 Å². The van der Waals surface area contributed by atoms with E-state index in [1.54, 1.807) is 6.92 Å². The van der Waals surface area contributed by atoms with Crippen LogP contribution in [0.4, 0.5) is 10.1 Å². The molecule has 1 saturated carbocycles. The van der Waals surface area contributed by atoms with E-state index in [0.717, 1.165) is 19.3 Å². The van der Waals surface area contributed by atoms with Crippen molar-refractivity contribution in [3.8, 4) is 5.75 Å². The Kier molecular flexibility index (Phi) is 3.56. The highest BCUT2D eigenvalue weighted by molar-refractivity contribution is 5.97. The standard InChI is InChI=1S/C20H22FN3O4/c1-10-9-28-17-15-11(6-13(19(26)27)18(25)24(10)15)7-14(21)16(17)23-5-2-12(8-23)20(22)3-4-20/h6-7,10,12H,2-5,8-9,22H2,1H3,(H,26,27)/t10-,12-/m0/s1. The minimum absolute atomic E-state index is 0.132. The molecule has 2 aliphatic heterocycles. The summed E-state index contributed by atoms with van der Waals surface area (Å²) in [4.78, 5) is 26.2. The first-order valence-corrected chi connectivity index (χ1v) is 9.62. The van der Waals surface area contributed by atoms with Crippen LogP contribution in [0.1, 0.15) is 42.6 Å². The fraction of sp³-hybridized carbons (Fsp3) is 0.500. The van der Waals surface area contributed by atoms with E-state index >= 15 is 4.39 Å². The van der Waals surface area contributed by atoms with Crippen molar-refractivity contribution in [1.82, 2.24) is 4.57 Å². The van der Waals surface area contributed by atoms with Crippen LogP contribution in [0.25, 0.3) is 10.9 Å². The molecule has 2 fully saturated rings. The third-order valence-electron chi connectivity index (χ3n) is 6.49. The summed E-state index contributed by atoms with van der Waals surface area (Å²) in [6, 6.07) is 2.20. The maximum absolute atomic E-state index is 15.2. The van der Waals surface area contributed by atoms with Crippen molar-refractivity contribution >= 4 is 22.6 Å². The maximum atomic E-state index is 15.2. The van der Waals surface area contributed by atoms with Gasteiger partial charge in [0.1, 0.15) is 17.9 Å². The molecule has 1 aromatic heterocycles. The molecule has 0 amide bonds. The zero-order valence-electron chi connectivity index (χ0n) is 15.6. The number of hydrogen-bond donors (Lipinski definition) is 2. The van der Waals surface area contributed by atoms with E-state index in [9.17, 15) is 14.7 Å². The molecule has 148 valence electrons. The summed E-state index contributed by atoms with van der Waals surface area (Å²) in [5, 5.41) is 9.72. The molecular weight excluding hydrogens is 365 g/mol. The van der Waals surface area contributed by atoms with Crippen molar-refractivity contribution in [2.75, 3.05) is 24.6 Å². The molecule has 5 rings (SSSR count). The topological polar surface area (TPSA) is 97.8 Å². The highest BCUT2D eigenvalue weighted by Gasteiger charge is 2.48. The largest absolute Gasteiger partial charge is 0.487 e. The number of halogens is 1. The first-order valence-electron chi connectivity index (χ1n) is 9.62. The molecule has 3 N–H and O–H groups in total. The second-order valence-corrected chi connectivity index (χ2v) is 8.34. The number of anilines is 1. The van der Waals surface area contributed by atoms with Crippen LogP contribution in [0.5, 0.6) is 5.75 Å². The molecule has 7 nitrogen and oxygen atoms in total. The molecule has 0 unspecified atom stereocenters. The van der Waals surface area contributed by atoms with Gasteiger partial charge in [0.15, 0.2) is 11.6 Å². The zero-order chi connectivity index (χ0) is 19.8. The van der Waals surface area contributed by atoms with Crippen molar-refractivity contribution in [3.63, 3.8) is 0 Å². The summed E-state index contributed by atoms with van der Waals surface area (Å²) in [7, 11) is 0. The molecule has 1 saturated heterocycles. The van der Waals surface area contributed by atoms with Crippen LogP contribution >= 0.6 is 0 Å². The number of aromatic nitrogens is 1. The number of carboxylic acids is 1. The number of pyridine rings is 1. The van der Waals surface area contributed by atoms with E-state index in [1.165, 1.54) is 16.7 Å². The van der Waals surface area contributed by atoms with Crippen molar-refractivity contribution in [2.45, 2.75) is 37.8 Å². The third-order valence-corrected chi connectivity index (χ3v) is 6.49. The van der Waals surface area contributed by atoms with Gasteiger partial charge in [0.25, 0.3) is 5.56 Å². The van der Waals surface area contributed by atoms with Crippen molar-refractivity contribution in [3.05, 3.63) is 33.9 Å². The van der Waals surface area contributed by atoms with Crippen LogP contribution < -0.4 is 20.9 Å². The zero-order valence-corrected chi connectivity index (χ0v) is 15.6. The van der Waals surface area contributed by atoms with E-state index in [2.05, 4.69) is 0 Å². The van der Waals surface area contributed by atoms with Gasteiger partial charge in [-0.25, -0.2) is 9.18 Å². The van der Waals surface area contributed by atoms with E-state index < -0.39 is 17.3 Å². The number of nitrogens with two attached hydrogens (primary N) is 1. The van der Waals surface area contributed by atoms with Crippen molar-refractivity contribution < 1.29 is 19.0 Å². The summed E-state index contributed by atoms with van der Waals surface area (Å²) >= 11 is 0. The summed E-state index contributed by atoms with van der Waals surface area (Å²) in [5.41, 5.74) is 6.08. The summed E-state index contributed by atoms with van der Waals surface area (Å²) in [6.45, 7) is 3.30. The van der Waals surface area contributed by atoms with Crippen LogP contribution in [-0.2, 0) is 0 Å². The molecule has 0 bridgehead atoms. The summed E-state index contributed by atoms with van der Waals surface area (Å²) in [6.07, 6.45) is 2.91. The first-order chi connectivity index (χ1) is 13.3. The minimum Gasteiger partial charge on any atom is -0.487 e. The van der Waals surface area contributed by atoms with Crippen LogP contribution in [0, 0.1) is 11.7 Å². The van der Waals surface area contributed by atoms with Gasteiger partial charge in [0.2, 0.25) is 0 Å². The maximum Gasteiger partial charge on any atom is 0.341 e. The quantitative estimate of drug-likeness (QED) is 0.837. The van der Waals surface area contributed by atoms with E-state index in [0.29, 0.717) is 41.3 Å². The average Bonchev–Trinajstić information content (AvgIpc) is 3.20. The summed E-state index contributed by atoms with van der Waals surface area (Å²) in [5.74, 6) is -1.15. The highest BCUT2D eigenvalue weighted by Crippen LogP contribution is 2.48. The lowest BCUT2D eigenvalue weighted by Gasteiger charge is -2.31. The van der Waals surface area contributed by atoms with Gasteiger partial charge in [-0.2, -0.15) is 0 Å². The Morgan fingerprint density at radius 2 is 2.14 bits per heavy atom. The number of hydrogen-bond acceptors (Lipinski definition) is 5. The van der Waals surface area contributed by atoms with E-state index in [-0.39, 0.29) is 23.8 Å². The predicted molar refractivity (Wildman–Crippen MR) is 102 cm³/mol. The number of carboxylic acid groups (broad SMARTS) is 1. The predicted octanol–water partition coefficient (Wildman–Crippen LogP) is 2.11. The smallest absolute Gasteiger partial charge is 0.341 e. The van der Waals surface area contributed by atoms with Gasteiger partial charge in [-0.15, -0.1) is 0 Å². The molecule has 28 heavy (non-hydrogen) atoms. The van der Waals surface area contributed by atoms with Gasteiger partial charge in [-0.05, 0) is 44.2 Å². The number of carbonyl (C=O) groups is 1. The fourth-order valence-corrected chi connectivity index (χ4v) is 4.70. The number of rotatable bonds is 3. The molecule has 0 spiro atoms. The van der Waals surface area contributed by atoms with Gasteiger partial charge in [0, 0.05) is 24.0 Å². The monoisotopic (exact) mass is 387 g/mol. The molecule has 1 aliphatic carbocycles. The molecule has 8 heteroatoms. The molecule has 2 aromatic rings. The van der Waals surface area contributed by atoms with E-state index in [4.69, 9.17) is 10.5 Å². The Labute approximate surface area is 160 Å². The normalized spacial score (nSPS) is 25.0. The van der Waals surface area contributed by atoms with Crippen LogP contribution in [-0.4, -0.2) is 40.9 Å². The first kappa shape index (κ1) is 17.5. The lowest BCUT2D eigenvalue weighted by atomic mass is 9.97. The third kappa shape index (κ3) is 2.37. The average molecular weight is 387 g/mol. The molecule has 2 atom stereocenters. The second kappa shape index (κ2) is 5.70. The summed E-state index contributed by atoms with van der Waals surface area (Å²) < 4.78 is 22.5. The number of aromatic carboxylic acids is 1. The Morgan fingerprint density at radius 3 is 2.82 bits per heavy atom. The second-order valence-electron chi connectivity index (χ2n) is 8.34. The number of nitrogens with zero attached hydrogens (tertiary/aromatic N) is 2. The lowest BCUT2D eigenvalue weighted by molar-refractivity contribution is 0.0694. The van der Waals surface area contributed by atoms with Gasteiger partial charge >= 0.3 is 5.97 Å². The Balaban J connectivity index is 1.70. The molecule has 3 heterocycles. The fourth-order valence-electron chi connectivity index (χ4n) is 4.70. The molecule has 1 aromatic carbocycles. The minimum atomic E-state index is -1.32. The van der Waals surface area contributed by atoms with Crippen LogP contribution in [0.3, 0.4) is 0 Å². The lowest BCUT2D eigenvalue weighted by Crippen LogP contribution is -2.36. The SMILES string of the molecule is C[C@H]1COc2c(N3CC[C@H](C4(N)CC4)C3)c(F)cc3cc(C(=O)O)c(=O)n1c23. The molecular formula is C20H22FN3O4. The van der Waals surface area contributed by atoms with Gasteiger partial charge in [-0.3, -0.25) is 9.36 Å². The number of ether oxygens (including phenoxy) is 1. The Bertz CT molecular complexity index is 1080. The van der Waals surface area contributed by atoms with Crippen molar-refractivity contribution in [2.24, 2.45) is 11.7 Å². The van der Waals surface area contributed by atoms with E-state index in [1.807, 2.05) is 4.90 Å². The van der Waals surface area contributed by atoms with Crippen LogP contribution in [0.2, 0.25) is 0 Å². The van der Waals surface area contributed by atoms with Gasteiger partial charge < -0.3 is 20.5 Å². The van der Waals surface area contributed by atoms with Gasteiger partial charge in [0.05, 0.1) is 11.6 Å².